The zero-order valence-electron chi connectivity index (χ0n) is 16.6. The molecular weight excluding hydrogens is 421 g/mol. The van der Waals surface area contributed by atoms with Crippen LogP contribution in [0.15, 0.2) is 42.5 Å². The number of nitrogens with one attached hydrogen (secondary N) is 2. The molecular formula is C20H18FN7O4. The maximum Gasteiger partial charge on any atom is 0.338 e. The number of aromatic nitrogens is 3. The standard InChI is InChI=1S/C20H18FN7O4/c21-12-2-4-14(5-3-12)24-20-26-17(25-19(22)27-20)10-32-18(29)11-1-8-15(23-13-6-7-13)16(9-11)28(30)31/h1-5,8-9,13,23H,6-7,10H2,(H3,22,24,25,26,27). The first-order valence-corrected chi connectivity index (χ1v) is 9.62. The number of nitro benzene ring substituents is 1. The minimum absolute atomic E-state index is 0.0183. The van der Waals surface area contributed by atoms with E-state index in [1.54, 1.807) is 0 Å². The SMILES string of the molecule is Nc1nc(COC(=O)c2ccc(NC3CC3)c([N+](=O)[O-])c2)nc(Nc2ccc(F)cc2)n1. The highest BCUT2D eigenvalue weighted by Gasteiger charge is 2.26. The Morgan fingerprint density at radius 2 is 1.94 bits per heavy atom. The van der Waals surface area contributed by atoms with E-state index in [0.29, 0.717) is 11.4 Å². The molecule has 0 bridgehead atoms. The zero-order chi connectivity index (χ0) is 22.7. The molecule has 1 aliphatic carbocycles. The van der Waals surface area contributed by atoms with Crippen molar-refractivity contribution in [1.29, 1.82) is 0 Å². The summed E-state index contributed by atoms with van der Waals surface area (Å²) in [5.74, 6) is -1.13. The first-order chi connectivity index (χ1) is 15.4. The number of carbonyl (C=O) groups is 1. The van der Waals surface area contributed by atoms with Crippen LogP contribution in [0.5, 0.6) is 0 Å². The smallest absolute Gasteiger partial charge is 0.338 e. The molecule has 0 saturated heterocycles. The molecule has 12 heteroatoms. The fourth-order valence-corrected chi connectivity index (χ4v) is 2.81. The number of anilines is 4. The molecule has 1 saturated carbocycles. The van der Waals surface area contributed by atoms with E-state index in [1.165, 1.54) is 36.4 Å². The average molecular weight is 439 g/mol. The van der Waals surface area contributed by atoms with E-state index in [4.69, 9.17) is 10.5 Å². The number of rotatable bonds is 8. The number of hydrogen-bond donors (Lipinski definition) is 3. The van der Waals surface area contributed by atoms with Crippen LogP contribution in [0.3, 0.4) is 0 Å². The first kappa shape index (κ1) is 20.9. The fraction of sp³-hybridized carbons (Fsp3) is 0.200. The predicted molar refractivity (Wildman–Crippen MR) is 113 cm³/mol. The lowest BCUT2D eigenvalue weighted by Gasteiger charge is -2.09. The Morgan fingerprint density at radius 3 is 2.62 bits per heavy atom. The van der Waals surface area contributed by atoms with Crippen LogP contribution >= 0.6 is 0 Å². The highest BCUT2D eigenvalue weighted by molar-refractivity contribution is 5.91. The van der Waals surface area contributed by atoms with E-state index >= 15 is 0 Å². The summed E-state index contributed by atoms with van der Waals surface area (Å²) in [5, 5.41) is 17.3. The van der Waals surface area contributed by atoms with E-state index in [2.05, 4.69) is 25.6 Å². The van der Waals surface area contributed by atoms with Gasteiger partial charge in [0.2, 0.25) is 11.9 Å². The topological polar surface area (TPSA) is 158 Å². The third kappa shape index (κ3) is 5.22. The van der Waals surface area contributed by atoms with Crippen LogP contribution < -0.4 is 16.4 Å². The van der Waals surface area contributed by atoms with Gasteiger partial charge in [0, 0.05) is 17.8 Å². The minimum atomic E-state index is -0.780. The highest BCUT2D eigenvalue weighted by Crippen LogP contribution is 2.31. The Kier molecular flexibility index (Phi) is 5.75. The number of nitrogens with two attached hydrogens (primary N) is 1. The summed E-state index contributed by atoms with van der Waals surface area (Å²) in [6.07, 6.45) is 1.90. The number of nitro groups is 1. The largest absolute Gasteiger partial charge is 0.454 e. The van der Waals surface area contributed by atoms with E-state index < -0.39 is 16.7 Å². The summed E-state index contributed by atoms with van der Waals surface area (Å²) in [4.78, 5) is 35.2. The summed E-state index contributed by atoms with van der Waals surface area (Å²) >= 11 is 0. The molecule has 4 N–H and O–H groups in total. The molecule has 0 spiro atoms. The van der Waals surface area contributed by atoms with Gasteiger partial charge >= 0.3 is 5.97 Å². The lowest BCUT2D eigenvalue weighted by atomic mass is 10.1. The van der Waals surface area contributed by atoms with Crippen LogP contribution in [-0.2, 0) is 11.3 Å². The third-order valence-corrected chi connectivity index (χ3v) is 4.50. The van der Waals surface area contributed by atoms with Crippen molar-refractivity contribution in [2.75, 3.05) is 16.4 Å². The van der Waals surface area contributed by atoms with Gasteiger partial charge in [-0.05, 0) is 49.2 Å². The lowest BCUT2D eigenvalue weighted by molar-refractivity contribution is -0.384. The first-order valence-electron chi connectivity index (χ1n) is 9.62. The van der Waals surface area contributed by atoms with Gasteiger partial charge in [-0.3, -0.25) is 10.1 Å². The molecule has 32 heavy (non-hydrogen) atoms. The molecule has 3 aromatic rings. The van der Waals surface area contributed by atoms with Crippen LogP contribution in [0.1, 0.15) is 29.0 Å². The molecule has 164 valence electrons. The molecule has 1 heterocycles. The summed E-state index contributed by atoms with van der Waals surface area (Å²) in [5.41, 5.74) is 6.37. The van der Waals surface area contributed by atoms with Crippen LogP contribution in [0.2, 0.25) is 0 Å². The molecule has 2 aromatic carbocycles. The second-order valence-electron chi connectivity index (χ2n) is 7.05. The third-order valence-electron chi connectivity index (χ3n) is 4.50. The van der Waals surface area contributed by atoms with E-state index in [-0.39, 0.29) is 41.6 Å². The second kappa shape index (κ2) is 8.79. The molecule has 1 aromatic heterocycles. The van der Waals surface area contributed by atoms with Crippen molar-refractivity contribution >= 4 is 34.9 Å². The van der Waals surface area contributed by atoms with E-state index in [0.717, 1.165) is 18.9 Å². The molecule has 4 rings (SSSR count). The lowest BCUT2D eigenvalue weighted by Crippen LogP contribution is -2.12. The van der Waals surface area contributed by atoms with E-state index in [9.17, 15) is 19.3 Å². The quantitative estimate of drug-likeness (QED) is 0.270. The van der Waals surface area contributed by atoms with Crippen LogP contribution in [-0.4, -0.2) is 31.9 Å². The molecule has 0 atom stereocenters. The zero-order valence-corrected chi connectivity index (χ0v) is 16.6. The monoisotopic (exact) mass is 439 g/mol. The van der Waals surface area contributed by atoms with Crippen molar-refractivity contribution < 1.29 is 18.8 Å². The molecule has 11 nitrogen and oxygen atoms in total. The van der Waals surface area contributed by atoms with Gasteiger partial charge in [0.25, 0.3) is 5.69 Å². The van der Waals surface area contributed by atoms with Crippen LogP contribution in [0.4, 0.5) is 33.3 Å². The Hall–Kier alpha value is -4.35. The number of nitrogen functional groups attached to an aromatic ring is 1. The normalized spacial score (nSPS) is 12.8. The van der Waals surface area contributed by atoms with Crippen molar-refractivity contribution in [2.24, 2.45) is 0 Å². The highest BCUT2D eigenvalue weighted by atomic mass is 19.1. The Balaban J connectivity index is 1.44. The van der Waals surface area contributed by atoms with Crippen molar-refractivity contribution in [2.45, 2.75) is 25.5 Å². The number of halogens is 1. The van der Waals surface area contributed by atoms with Gasteiger partial charge in [-0.2, -0.15) is 15.0 Å². The summed E-state index contributed by atoms with van der Waals surface area (Å²) < 4.78 is 18.2. The molecule has 1 fully saturated rings. The Bertz CT molecular complexity index is 1170. The maximum atomic E-state index is 13.0. The van der Waals surface area contributed by atoms with Crippen LogP contribution in [0, 0.1) is 15.9 Å². The Morgan fingerprint density at radius 1 is 1.19 bits per heavy atom. The maximum absolute atomic E-state index is 13.0. The number of hydrogen-bond acceptors (Lipinski definition) is 10. The number of benzene rings is 2. The van der Waals surface area contributed by atoms with Gasteiger partial charge in [-0.1, -0.05) is 0 Å². The molecule has 0 amide bonds. The second-order valence-corrected chi connectivity index (χ2v) is 7.05. The van der Waals surface area contributed by atoms with Crippen molar-refractivity contribution in [3.05, 3.63) is 69.8 Å². The molecule has 0 unspecified atom stereocenters. The summed E-state index contributed by atoms with van der Waals surface area (Å²) in [6.45, 7) is -0.334. The Labute approximate surface area is 181 Å². The number of ether oxygens (including phenoxy) is 1. The van der Waals surface area contributed by atoms with Gasteiger partial charge in [-0.15, -0.1) is 0 Å². The van der Waals surface area contributed by atoms with Gasteiger partial charge in [0.05, 0.1) is 10.5 Å². The summed E-state index contributed by atoms with van der Waals surface area (Å²) in [6, 6.07) is 9.82. The van der Waals surface area contributed by atoms with Gasteiger partial charge in [0.1, 0.15) is 11.5 Å². The van der Waals surface area contributed by atoms with Gasteiger partial charge in [-0.25, -0.2) is 9.18 Å². The van der Waals surface area contributed by atoms with Crippen molar-refractivity contribution in [3.8, 4) is 0 Å². The average Bonchev–Trinajstić information content (AvgIpc) is 3.57. The van der Waals surface area contributed by atoms with Crippen LogP contribution in [0.25, 0.3) is 0 Å². The number of esters is 1. The predicted octanol–water partition coefficient (Wildman–Crippen LogP) is 3.18. The number of nitrogens with zero attached hydrogens (tertiary/aromatic N) is 4. The fourth-order valence-electron chi connectivity index (χ4n) is 2.81. The van der Waals surface area contributed by atoms with Gasteiger partial charge in [0.15, 0.2) is 12.4 Å². The molecule has 0 radical (unpaired) electrons. The molecule has 0 aliphatic heterocycles. The minimum Gasteiger partial charge on any atom is -0.454 e. The molecule has 1 aliphatic rings. The van der Waals surface area contributed by atoms with Crippen molar-refractivity contribution in [3.63, 3.8) is 0 Å². The number of carbonyl (C=O) groups excluding carboxylic acids is 1. The van der Waals surface area contributed by atoms with Crippen molar-refractivity contribution in [1.82, 2.24) is 15.0 Å². The van der Waals surface area contributed by atoms with Gasteiger partial charge < -0.3 is 21.1 Å². The van der Waals surface area contributed by atoms with E-state index in [1.807, 2.05) is 0 Å². The summed E-state index contributed by atoms with van der Waals surface area (Å²) in [7, 11) is 0.